The zero-order valence-corrected chi connectivity index (χ0v) is 12.4. The predicted molar refractivity (Wildman–Crippen MR) is 74.9 cm³/mol. The molecule has 1 aromatic rings. The molecule has 0 radical (unpaired) electrons. The Hall–Kier alpha value is -1.43. The molecule has 1 saturated carbocycles. The molecular formula is C14H19NO4S. The topological polar surface area (TPSA) is 73.3 Å². The van der Waals surface area contributed by atoms with E-state index >= 15 is 0 Å². The number of carbonyl (C=O) groups excluding carboxylic acids is 1. The number of aromatic nitrogens is 1. The zero-order valence-electron chi connectivity index (χ0n) is 11.5. The second kappa shape index (κ2) is 5.91. The lowest BCUT2D eigenvalue weighted by molar-refractivity contribution is -0.141. The van der Waals surface area contributed by atoms with Gasteiger partial charge in [0.15, 0.2) is 9.84 Å². The highest BCUT2D eigenvalue weighted by Gasteiger charge is 2.47. The maximum atomic E-state index is 12.2. The van der Waals surface area contributed by atoms with E-state index < -0.39 is 9.84 Å². The molecular weight excluding hydrogens is 278 g/mol. The largest absolute Gasteiger partial charge is 0.469 e. The number of methoxy groups -OCH3 is 1. The monoisotopic (exact) mass is 297 g/mol. The molecule has 1 aliphatic rings. The summed E-state index contributed by atoms with van der Waals surface area (Å²) < 4.78 is 28.9. The molecule has 0 atom stereocenters. The van der Waals surface area contributed by atoms with Crippen molar-refractivity contribution in [2.24, 2.45) is 5.41 Å². The van der Waals surface area contributed by atoms with Gasteiger partial charge in [-0.15, -0.1) is 0 Å². The van der Waals surface area contributed by atoms with Crippen LogP contribution >= 0.6 is 0 Å². The minimum absolute atomic E-state index is 0.0787. The lowest BCUT2D eigenvalue weighted by atomic mass is 10.1. The molecule has 0 unspecified atom stereocenters. The van der Waals surface area contributed by atoms with E-state index in [0.717, 1.165) is 18.4 Å². The van der Waals surface area contributed by atoms with Crippen molar-refractivity contribution in [2.45, 2.75) is 25.7 Å². The van der Waals surface area contributed by atoms with Gasteiger partial charge in [0, 0.05) is 12.4 Å². The van der Waals surface area contributed by atoms with Crippen LogP contribution in [0.15, 0.2) is 24.5 Å². The fraction of sp³-hybridized carbons (Fsp3) is 0.571. The molecule has 0 amide bonds. The summed E-state index contributed by atoms with van der Waals surface area (Å²) in [5.74, 6) is -0.151. The fourth-order valence-electron chi connectivity index (χ4n) is 2.29. The smallest absolute Gasteiger partial charge is 0.306 e. The van der Waals surface area contributed by atoms with Crippen LogP contribution in [0.25, 0.3) is 0 Å². The molecule has 2 rings (SSSR count). The van der Waals surface area contributed by atoms with Crippen LogP contribution in [0.1, 0.15) is 24.8 Å². The Morgan fingerprint density at radius 1 is 1.45 bits per heavy atom. The molecule has 1 fully saturated rings. The molecule has 20 heavy (non-hydrogen) atoms. The molecule has 0 N–H and O–H groups in total. The van der Waals surface area contributed by atoms with Crippen LogP contribution in [0.2, 0.25) is 0 Å². The second-order valence-corrected chi connectivity index (χ2v) is 7.64. The highest BCUT2D eigenvalue weighted by atomic mass is 32.2. The average molecular weight is 297 g/mol. The first-order chi connectivity index (χ1) is 9.45. The van der Waals surface area contributed by atoms with Crippen LogP contribution in [0, 0.1) is 5.41 Å². The quantitative estimate of drug-likeness (QED) is 0.711. The van der Waals surface area contributed by atoms with Crippen LogP contribution in [0.3, 0.4) is 0 Å². The first-order valence-electron chi connectivity index (χ1n) is 6.61. The summed E-state index contributed by atoms with van der Waals surface area (Å²) in [6.45, 7) is 0. The number of hydrogen-bond donors (Lipinski definition) is 0. The van der Waals surface area contributed by atoms with Gasteiger partial charge in [0.2, 0.25) is 0 Å². The normalized spacial score (nSPS) is 16.6. The highest BCUT2D eigenvalue weighted by Crippen LogP contribution is 2.50. The van der Waals surface area contributed by atoms with Gasteiger partial charge in [0.05, 0.1) is 25.0 Å². The summed E-state index contributed by atoms with van der Waals surface area (Å²) in [4.78, 5) is 15.3. The Morgan fingerprint density at radius 3 is 2.75 bits per heavy atom. The van der Waals surface area contributed by atoms with E-state index in [1.165, 1.54) is 7.11 Å². The van der Waals surface area contributed by atoms with Crippen molar-refractivity contribution in [1.29, 1.82) is 0 Å². The highest BCUT2D eigenvalue weighted by molar-refractivity contribution is 7.91. The Labute approximate surface area is 119 Å². The van der Waals surface area contributed by atoms with Crippen molar-refractivity contribution < 1.29 is 17.9 Å². The number of aryl methyl sites for hydroxylation is 1. The van der Waals surface area contributed by atoms with Gasteiger partial charge in [-0.2, -0.15) is 0 Å². The lowest BCUT2D eigenvalue weighted by Gasteiger charge is -2.13. The summed E-state index contributed by atoms with van der Waals surface area (Å²) in [6.07, 6.45) is 5.58. The van der Waals surface area contributed by atoms with Crippen LogP contribution in [0.5, 0.6) is 0 Å². The van der Waals surface area contributed by atoms with Gasteiger partial charge < -0.3 is 4.74 Å². The van der Waals surface area contributed by atoms with Crippen molar-refractivity contribution in [3.63, 3.8) is 0 Å². The SMILES string of the molecule is COC(=O)CC1(CS(=O)(=O)CCc2cccnc2)CC1. The van der Waals surface area contributed by atoms with Gasteiger partial charge >= 0.3 is 5.97 Å². The molecule has 110 valence electrons. The van der Waals surface area contributed by atoms with Gasteiger partial charge in [0.1, 0.15) is 0 Å². The van der Waals surface area contributed by atoms with E-state index in [0.29, 0.717) is 6.42 Å². The van der Waals surface area contributed by atoms with Crippen molar-refractivity contribution in [1.82, 2.24) is 4.98 Å². The van der Waals surface area contributed by atoms with Crippen LogP contribution in [-0.4, -0.2) is 38.0 Å². The van der Waals surface area contributed by atoms with Gasteiger partial charge in [-0.1, -0.05) is 6.07 Å². The maximum Gasteiger partial charge on any atom is 0.306 e. The molecule has 1 heterocycles. The summed E-state index contributed by atoms with van der Waals surface area (Å²) in [6, 6.07) is 3.66. The minimum atomic E-state index is -3.16. The maximum absolute atomic E-state index is 12.2. The number of nitrogens with zero attached hydrogens (tertiary/aromatic N) is 1. The van der Waals surface area contributed by atoms with Crippen LogP contribution in [-0.2, 0) is 25.8 Å². The minimum Gasteiger partial charge on any atom is -0.469 e. The Bertz CT molecular complexity index is 564. The Balaban J connectivity index is 1.90. The molecule has 0 spiro atoms. The summed E-state index contributed by atoms with van der Waals surface area (Å²) >= 11 is 0. The molecule has 0 aromatic carbocycles. The summed E-state index contributed by atoms with van der Waals surface area (Å²) in [7, 11) is -1.84. The van der Waals surface area contributed by atoms with E-state index in [1.54, 1.807) is 18.5 Å². The lowest BCUT2D eigenvalue weighted by Crippen LogP contribution is -2.23. The molecule has 1 aromatic heterocycles. The standard InChI is InChI=1S/C14H19NO4S/c1-19-13(16)9-14(5-6-14)11-20(17,18)8-4-12-3-2-7-15-10-12/h2-3,7,10H,4-6,8-9,11H2,1H3. The van der Waals surface area contributed by atoms with Gasteiger partial charge in [0.25, 0.3) is 0 Å². The van der Waals surface area contributed by atoms with E-state index in [9.17, 15) is 13.2 Å². The number of carbonyl (C=O) groups is 1. The number of rotatable bonds is 7. The van der Waals surface area contributed by atoms with Gasteiger partial charge in [-0.3, -0.25) is 9.78 Å². The number of ether oxygens (including phenoxy) is 1. The zero-order chi connectivity index (χ0) is 14.6. The van der Waals surface area contributed by atoms with Crippen molar-refractivity contribution >= 4 is 15.8 Å². The van der Waals surface area contributed by atoms with Gasteiger partial charge in [-0.25, -0.2) is 8.42 Å². The van der Waals surface area contributed by atoms with Crippen molar-refractivity contribution in [3.8, 4) is 0 Å². The van der Waals surface area contributed by atoms with E-state index in [2.05, 4.69) is 9.72 Å². The first-order valence-corrected chi connectivity index (χ1v) is 8.43. The summed E-state index contributed by atoms with van der Waals surface area (Å²) in [5, 5.41) is 0. The Kier molecular flexibility index (Phi) is 4.42. The molecule has 0 saturated heterocycles. The van der Waals surface area contributed by atoms with E-state index in [4.69, 9.17) is 0 Å². The number of sulfone groups is 1. The van der Waals surface area contributed by atoms with E-state index in [-0.39, 0.29) is 29.3 Å². The summed E-state index contributed by atoms with van der Waals surface area (Å²) in [5.41, 5.74) is 0.537. The predicted octanol–water partition coefficient (Wildman–Crippen LogP) is 1.38. The molecule has 0 aliphatic heterocycles. The molecule has 6 heteroatoms. The fourth-order valence-corrected chi connectivity index (χ4v) is 4.30. The third-order valence-electron chi connectivity index (χ3n) is 3.65. The molecule has 0 bridgehead atoms. The van der Waals surface area contributed by atoms with Crippen molar-refractivity contribution in [2.75, 3.05) is 18.6 Å². The average Bonchev–Trinajstić information content (AvgIpc) is 3.16. The number of pyridine rings is 1. The van der Waals surface area contributed by atoms with Crippen molar-refractivity contribution in [3.05, 3.63) is 30.1 Å². The van der Waals surface area contributed by atoms with Crippen LogP contribution < -0.4 is 0 Å². The third-order valence-corrected chi connectivity index (χ3v) is 5.53. The Morgan fingerprint density at radius 2 is 2.20 bits per heavy atom. The van der Waals surface area contributed by atoms with Gasteiger partial charge in [-0.05, 0) is 36.3 Å². The first kappa shape index (κ1) is 15.0. The molecule has 5 nitrogen and oxygen atoms in total. The van der Waals surface area contributed by atoms with E-state index in [1.807, 2.05) is 6.07 Å². The number of esters is 1. The number of hydrogen-bond acceptors (Lipinski definition) is 5. The molecule has 1 aliphatic carbocycles. The third kappa shape index (κ3) is 4.30. The second-order valence-electron chi connectivity index (χ2n) is 5.46. The van der Waals surface area contributed by atoms with Crippen LogP contribution in [0.4, 0.5) is 0 Å².